The first-order chi connectivity index (χ1) is 17.0. The molecule has 0 aliphatic rings. The number of para-hydroxylation sites is 1. The van der Waals surface area contributed by atoms with Gasteiger partial charge in [-0.05, 0) is 55.3 Å². The Bertz CT molecular complexity index is 1640. The summed E-state index contributed by atoms with van der Waals surface area (Å²) >= 11 is 1.19. The first-order valence-corrected chi connectivity index (χ1v) is 12.0. The van der Waals surface area contributed by atoms with Crippen molar-refractivity contribution in [2.75, 3.05) is 18.2 Å². The number of furan rings is 1. The Labute approximate surface area is 205 Å². The molecule has 8 heteroatoms. The number of amides is 1. The van der Waals surface area contributed by atoms with E-state index in [9.17, 15) is 9.59 Å². The van der Waals surface area contributed by atoms with Crippen LogP contribution in [0.5, 0.6) is 5.75 Å². The van der Waals surface area contributed by atoms with Gasteiger partial charge in [0.25, 0.3) is 0 Å². The van der Waals surface area contributed by atoms with Crippen LogP contribution in [0.25, 0.3) is 27.8 Å². The number of nitrogens with zero attached hydrogens (tertiary/aromatic N) is 2. The van der Waals surface area contributed by atoms with E-state index in [-0.39, 0.29) is 22.8 Å². The number of ether oxygens (including phenoxy) is 1. The summed E-state index contributed by atoms with van der Waals surface area (Å²) in [7, 11) is 1.57. The number of methoxy groups -OCH3 is 1. The molecule has 0 atom stereocenters. The lowest BCUT2D eigenvalue weighted by Gasteiger charge is -2.13. The quantitative estimate of drug-likeness (QED) is 0.253. The Kier molecular flexibility index (Phi) is 6.05. The first-order valence-electron chi connectivity index (χ1n) is 11.0. The van der Waals surface area contributed by atoms with E-state index in [0.717, 1.165) is 22.2 Å². The van der Waals surface area contributed by atoms with E-state index in [0.29, 0.717) is 27.7 Å². The second-order valence-electron chi connectivity index (χ2n) is 8.10. The summed E-state index contributed by atoms with van der Waals surface area (Å²) in [4.78, 5) is 31.2. The van der Waals surface area contributed by atoms with Gasteiger partial charge in [-0.15, -0.1) is 0 Å². The fourth-order valence-electron chi connectivity index (χ4n) is 3.90. The highest BCUT2D eigenvalue weighted by molar-refractivity contribution is 7.99. The monoisotopic (exact) mass is 485 g/mol. The third kappa shape index (κ3) is 4.28. The highest BCUT2D eigenvalue weighted by Gasteiger charge is 2.20. The third-order valence-electron chi connectivity index (χ3n) is 5.89. The number of anilines is 1. The molecule has 176 valence electrons. The Morgan fingerprint density at radius 1 is 1.09 bits per heavy atom. The fraction of sp³-hybridized carbons (Fsp3) is 0.148. The Balaban J connectivity index is 1.57. The number of nitrogens with one attached hydrogen (secondary N) is 1. The summed E-state index contributed by atoms with van der Waals surface area (Å²) in [6.45, 7) is 3.97. The summed E-state index contributed by atoms with van der Waals surface area (Å²) in [6, 6.07) is 20.3. The molecule has 0 aliphatic carbocycles. The molecule has 2 heterocycles. The Morgan fingerprint density at radius 2 is 1.89 bits per heavy atom. The van der Waals surface area contributed by atoms with Crippen molar-refractivity contribution in [2.24, 2.45) is 0 Å². The number of carbonyl (C=O) groups excluding carboxylic acids is 1. The average Bonchev–Trinajstić information content (AvgIpc) is 3.25. The van der Waals surface area contributed by atoms with Crippen LogP contribution in [-0.4, -0.2) is 28.3 Å². The summed E-state index contributed by atoms with van der Waals surface area (Å²) in [5, 5.41) is 4.10. The van der Waals surface area contributed by atoms with Gasteiger partial charge in [-0.25, -0.2) is 4.98 Å². The summed E-state index contributed by atoms with van der Waals surface area (Å²) in [6.07, 6.45) is 0. The molecule has 0 radical (unpaired) electrons. The Hall–Kier alpha value is -4.04. The minimum Gasteiger partial charge on any atom is -0.497 e. The van der Waals surface area contributed by atoms with Crippen molar-refractivity contribution >= 4 is 45.4 Å². The van der Waals surface area contributed by atoms with E-state index < -0.39 is 0 Å². The van der Waals surface area contributed by atoms with Gasteiger partial charge in [-0.2, -0.15) is 0 Å². The highest BCUT2D eigenvalue weighted by atomic mass is 32.2. The molecular formula is C27H23N3O4S. The SMILES string of the molecule is COc1cccc(-n2c(SCC(=O)Nc3cccc(C)c3C)nc3c(oc4ccccc43)c2=O)c1. The van der Waals surface area contributed by atoms with Crippen molar-refractivity contribution in [2.45, 2.75) is 19.0 Å². The zero-order valence-corrected chi connectivity index (χ0v) is 20.3. The van der Waals surface area contributed by atoms with Crippen molar-refractivity contribution in [3.63, 3.8) is 0 Å². The lowest BCUT2D eigenvalue weighted by Crippen LogP contribution is -2.22. The zero-order valence-electron chi connectivity index (χ0n) is 19.5. The van der Waals surface area contributed by atoms with Gasteiger partial charge in [0.1, 0.15) is 16.8 Å². The maximum Gasteiger partial charge on any atom is 0.302 e. The number of rotatable bonds is 6. The van der Waals surface area contributed by atoms with Gasteiger partial charge in [0.15, 0.2) is 5.16 Å². The molecule has 5 rings (SSSR count). The summed E-state index contributed by atoms with van der Waals surface area (Å²) < 4.78 is 12.7. The van der Waals surface area contributed by atoms with E-state index in [1.165, 1.54) is 16.3 Å². The van der Waals surface area contributed by atoms with Crippen LogP contribution in [0.2, 0.25) is 0 Å². The molecule has 1 amide bonds. The van der Waals surface area contributed by atoms with Crippen LogP contribution in [0, 0.1) is 13.8 Å². The van der Waals surface area contributed by atoms with Crippen molar-refractivity contribution in [3.05, 3.63) is 88.2 Å². The molecule has 0 fully saturated rings. The van der Waals surface area contributed by atoms with Gasteiger partial charge in [0.2, 0.25) is 11.5 Å². The topological polar surface area (TPSA) is 86.4 Å². The van der Waals surface area contributed by atoms with E-state index in [2.05, 4.69) is 5.32 Å². The van der Waals surface area contributed by atoms with Gasteiger partial charge >= 0.3 is 5.56 Å². The molecule has 7 nitrogen and oxygen atoms in total. The predicted molar refractivity (Wildman–Crippen MR) is 139 cm³/mol. The molecule has 0 aliphatic heterocycles. The Morgan fingerprint density at radius 3 is 2.71 bits per heavy atom. The molecule has 0 unspecified atom stereocenters. The molecule has 0 saturated carbocycles. The van der Waals surface area contributed by atoms with Crippen LogP contribution in [-0.2, 0) is 4.79 Å². The number of carbonyl (C=O) groups is 1. The number of aryl methyl sites for hydroxylation is 1. The van der Waals surface area contributed by atoms with E-state index in [1.807, 2.05) is 50.2 Å². The smallest absolute Gasteiger partial charge is 0.302 e. The van der Waals surface area contributed by atoms with Gasteiger partial charge < -0.3 is 14.5 Å². The third-order valence-corrected chi connectivity index (χ3v) is 6.83. The van der Waals surface area contributed by atoms with Gasteiger partial charge in [-0.3, -0.25) is 14.2 Å². The molecule has 2 aromatic heterocycles. The molecular weight excluding hydrogens is 462 g/mol. The van der Waals surface area contributed by atoms with Crippen molar-refractivity contribution < 1.29 is 13.9 Å². The van der Waals surface area contributed by atoms with Crippen molar-refractivity contribution in [3.8, 4) is 11.4 Å². The standard InChI is InChI=1S/C27H23N3O4S/c1-16-8-6-12-21(17(16)2)28-23(31)15-35-27-29-24-20-11-4-5-13-22(20)34-25(24)26(32)30(27)18-9-7-10-19(14-18)33-3/h4-14H,15H2,1-3H3,(H,28,31). The van der Waals surface area contributed by atoms with Gasteiger partial charge in [0.05, 0.1) is 18.6 Å². The van der Waals surface area contributed by atoms with Crippen LogP contribution < -0.4 is 15.6 Å². The minimum atomic E-state index is -0.350. The molecule has 0 spiro atoms. The number of fused-ring (bicyclic) bond motifs is 3. The summed E-state index contributed by atoms with van der Waals surface area (Å²) in [5.41, 5.74) is 4.33. The molecule has 0 saturated heterocycles. The second kappa shape index (κ2) is 9.31. The normalized spacial score (nSPS) is 11.2. The average molecular weight is 486 g/mol. The largest absolute Gasteiger partial charge is 0.497 e. The number of benzene rings is 3. The number of thioether (sulfide) groups is 1. The summed E-state index contributed by atoms with van der Waals surface area (Å²) in [5.74, 6) is 0.487. The molecule has 0 bridgehead atoms. The lowest BCUT2D eigenvalue weighted by atomic mass is 10.1. The maximum absolute atomic E-state index is 13.6. The van der Waals surface area contributed by atoms with Gasteiger partial charge in [-0.1, -0.05) is 42.1 Å². The lowest BCUT2D eigenvalue weighted by molar-refractivity contribution is -0.113. The molecule has 1 N–H and O–H groups in total. The zero-order chi connectivity index (χ0) is 24.5. The molecule has 35 heavy (non-hydrogen) atoms. The molecule has 5 aromatic rings. The van der Waals surface area contributed by atoms with E-state index >= 15 is 0 Å². The van der Waals surface area contributed by atoms with E-state index in [1.54, 1.807) is 37.4 Å². The minimum absolute atomic E-state index is 0.0745. The second-order valence-corrected chi connectivity index (χ2v) is 9.04. The first kappa shape index (κ1) is 22.7. The van der Waals surface area contributed by atoms with Crippen LogP contribution in [0.3, 0.4) is 0 Å². The van der Waals surface area contributed by atoms with Gasteiger partial charge in [0, 0.05) is 17.1 Å². The van der Waals surface area contributed by atoms with Crippen molar-refractivity contribution in [1.29, 1.82) is 0 Å². The fourth-order valence-corrected chi connectivity index (χ4v) is 4.70. The van der Waals surface area contributed by atoms with Crippen molar-refractivity contribution in [1.82, 2.24) is 9.55 Å². The van der Waals surface area contributed by atoms with Crippen LogP contribution in [0.15, 0.2) is 81.1 Å². The van der Waals surface area contributed by atoms with E-state index in [4.69, 9.17) is 14.1 Å². The van der Waals surface area contributed by atoms with Crippen LogP contribution in [0.1, 0.15) is 11.1 Å². The number of aromatic nitrogens is 2. The maximum atomic E-state index is 13.6. The molecule has 3 aromatic carbocycles. The number of hydrogen-bond acceptors (Lipinski definition) is 6. The number of hydrogen-bond donors (Lipinski definition) is 1. The van der Waals surface area contributed by atoms with Crippen LogP contribution in [0.4, 0.5) is 5.69 Å². The predicted octanol–water partition coefficient (Wildman–Crippen LogP) is 5.49. The van der Waals surface area contributed by atoms with Crippen LogP contribution >= 0.6 is 11.8 Å². The highest BCUT2D eigenvalue weighted by Crippen LogP contribution is 2.29.